The Morgan fingerprint density at radius 1 is 0.919 bits per heavy atom. The van der Waals surface area contributed by atoms with E-state index in [9.17, 15) is 14.4 Å². The fraction of sp³-hybridized carbons (Fsp3) is 0.774. The van der Waals surface area contributed by atoms with Gasteiger partial charge in [0.2, 0.25) is 0 Å². The monoisotopic (exact) mass is 533 g/mol. The minimum atomic E-state index is -0.519. The summed E-state index contributed by atoms with van der Waals surface area (Å²) in [6.45, 7) is 19.1. The zero-order chi connectivity index (χ0) is 28.0. The molecule has 0 radical (unpaired) electrons. The van der Waals surface area contributed by atoms with Crippen molar-refractivity contribution in [1.82, 2.24) is 5.32 Å². The predicted octanol–water partition coefficient (Wildman–Crippen LogP) is 6.41. The molecule has 1 N–H and O–H groups in total. The Morgan fingerprint density at radius 3 is 1.86 bits per heavy atom. The standard InChI is InChI=1S/C31H51NO4S/c1-10-36-29(35)24(32-22(4)17-25(33)27-20(2)13-11-15-30(27,6)7)19-37-23(5)18-26(34)28-21(3)14-12-16-31(28,8)9/h11-14,20-24,27-28,32H,10,15-19H2,1-9H3/t20?,21?,22?,23?,24-,27?,28?/m0/s1. The normalized spacial score (nSPS) is 28.8. The van der Waals surface area contributed by atoms with Crippen LogP contribution >= 0.6 is 11.8 Å². The van der Waals surface area contributed by atoms with Gasteiger partial charge >= 0.3 is 5.97 Å². The molecule has 210 valence electrons. The van der Waals surface area contributed by atoms with Crippen LogP contribution in [0.2, 0.25) is 0 Å². The van der Waals surface area contributed by atoms with Crippen LogP contribution in [0.5, 0.6) is 0 Å². The van der Waals surface area contributed by atoms with Gasteiger partial charge in [0.25, 0.3) is 0 Å². The highest BCUT2D eigenvalue weighted by Gasteiger charge is 2.41. The van der Waals surface area contributed by atoms with Gasteiger partial charge in [-0.05, 0) is 49.4 Å². The van der Waals surface area contributed by atoms with E-state index in [-0.39, 0.29) is 57.5 Å². The third kappa shape index (κ3) is 8.81. The van der Waals surface area contributed by atoms with Crippen LogP contribution in [0.3, 0.4) is 0 Å². The summed E-state index contributed by atoms with van der Waals surface area (Å²) in [7, 11) is 0. The zero-order valence-electron chi connectivity index (χ0n) is 24.6. The fourth-order valence-electron chi connectivity index (χ4n) is 6.52. The summed E-state index contributed by atoms with van der Waals surface area (Å²) in [6, 6.07) is -0.668. The van der Waals surface area contributed by atoms with Crippen molar-refractivity contribution in [3.63, 3.8) is 0 Å². The quantitative estimate of drug-likeness (QED) is 0.218. The highest BCUT2D eigenvalue weighted by atomic mass is 32.2. The van der Waals surface area contributed by atoms with E-state index in [1.54, 1.807) is 18.7 Å². The summed E-state index contributed by atoms with van der Waals surface area (Å²) in [6.07, 6.45) is 11.4. The predicted molar refractivity (Wildman–Crippen MR) is 155 cm³/mol. The van der Waals surface area contributed by atoms with Crippen LogP contribution in [-0.2, 0) is 19.1 Å². The minimum absolute atomic E-state index is 0.0202. The van der Waals surface area contributed by atoms with Gasteiger partial charge in [0.15, 0.2) is 0 Å². The molecule has 6 unspecified atom stereocenters. The molecule has 0 aromatic heterocycles. The van der Waals surface area contributed by atoms with Crippen LogP contribution in [0.1, 0.15) is 88.0 Å². The van der Waals surface area contributed by atoms with Crippen molar-refractivity contribution in [3.8, 4) is 0 Å². The van der Waals surface area contributed by atoms with E-state index in [0.29, 0.717) is 31.0 Å². The average molecular weight is 534 g/mol. The van der Waals surface area contributed by atoms with Gasteiger partial charge in [-0.2, -0.15) is 11.8 Å². The number of ether oxygens (including phenoxy) is 1. The van der Waals surface area contributed by atoms with Crippen molar-refractivity contribution >= 4 is 29.3 Å². The van der Waals surface area contributed by atoms with E-state index in [2.05, 4.69) is 78.1 Å². The smallest absolute Gasteiger partial charge is 0.323 e. The molecule has 0 amide bonds. The Balaban J connectivity index is 1.97. The van der Waals surface area contributed by atoms with Crippen LogP contribution < -0.4 is 5.32 Å². The molecule has 0 aliphatic heterocycles. The second kappa shape index (κ2) is 13.6. The second-order valence-corrected chi connectivity index (χ2v) is 14.2. The molecule has 0 aromatic rings. The first-order chi connectivity index (χ1) is 17.2. The largest absolute Gasteiger partial charge is 0.465 e. The van der Waals surface area contributed by atoms with Gasteiger partial charge in [-0.25, -0.2) is 0 Å². The number of hydrogen-bond donors (Lipinski definition) is 1. The first-order valence-electron chi connectivity index (χ1n) is 14.1. The van der Waals surface area contributed by atoms with E-state index < -0.39 is 6.04 Å². The van der Waals surface area contributed by atoms with E-state index >= 15 is 0 Å². The van der Waals surface area contributed by atoms with E-state index in [4.69, 9.17) is 4.74 Å². The molecule has 7 atom stereocenters. The SMILES string of the molecule is CCOC(=O)[C@H](CSC(C)CC(=O)C1C(C)C=CCC1(C)C)NC(C)CC(=O)C1C(C)C=CCC1(C)C. The molecule has 0 aromatic carbocycles. The van der Waals surface area contributed by atoms with Crippen LogP contribution in [0, 0.1) is 34.5 Å². The molecule has 37 heavy (non-hydrogen) atoms. The van der Waals surface area contributed by atoms with Crippen LogP contribution in [0.15, 0.2) is 24.3 Å². The molecule has 0 saturated carbocycles. The van der Waals surface area contributed by atoms with Crippen molar-refractivity contribution in [3.05, 3.63) is 24.3 Å². The number of carbonyl (C=O) groups excluding carboxylic acids is 3. The molecule has 2 aliphatic carbocycles. The summed E-state index contributed by atoms with van der Waals surface area (Å²) in [5.41, 5.74) is -0.101. The van der Waals surface area contributed by atoms with Gasteiger partial charge in [-0.15, -0.1) is 0 Å². The molecule has 6 heteroatoms. The molecule has 0 fully saturated rings. The molecule has 5 nitrogen and oxygen atoms in total. The topological polar surface area (TPSA) is 72.5 Å². The molecule has 0 spiro atoms. The fourth-order valence-corrected chi connectivity index (χ4v) is 7.55. The van der Waals surface area contributed by atoms with Gasteiger partial charge in [0.1, 0.15) is 17.6 Å². The molecular formula is C31H51NO4S. The zero-order valence-corrected chi connectivity index (χ0v) is 25.5. The van der Waals surface area contributed by atoms with E-state index in [0.717, 1.165) is 12.8 Å². The molecule has 2 rings (SSSR count). The molecular weight excluding hydrogens is 482 g/mol. The van der Waals surface area contributed by atoms with Crippen molar-refractivity contribution in [1.29, 1.82) is 0 Å². The Hall–Kier alpha value is -1.40. The summed E-state index contributed by atoms with van der Waals surface area (Å²) < 4.78 is 5.34. The number of ketones is 2. The maximum absolute atomic E-state index is 13.3. The number of thioether (sulfide) groups is 1. The van der Waals surface area contributed by atoms with Gasteiger partial charge in [-0.3, -0.25) is 14.4 Å². The highest BCUT2D eigenvalue weighted by molar-refractivity contribution is 7.99. The van der Waals surface area contributed by atoms with Crippen LogP contribution in [0.25, 0.3) is 0 Å². The van der Waals surface area contributed by atoms with Gasteiger partial charge in [0.05, 0.1) is 6.61 Å². The number of Topliss-reactive ketones (excluding diaryl/α,β-unsaturated/α-hetero) is 2. The van der Waals surface area contributed by atoms with Crippen molar-refractivity contribution < 1.29 is 19.1 Å². The number of carbonyl (C=O) groups is 3. The Bertz CT molecular complexity index is 861. The van der Waals surface area contributed by atoms with Crippen molar-refractivity contribution in [2.45, 2.75) is 105 Å². The Morgan fingerprint density at radius 2 is 1.41 bits per heavy atom. The van der Waals surface area contributed by atoms with Crippen LogP contribution in [-0.4, -0.2) is 47.2 Å². The van der Waals surface area contributed by atoms with E-state index in [1.807, 2.05) is 6.92 Å². The van der Waals surface area contributed by atoms with Gasteiger partial charge in [-0.1, -0.05) is 72.8 Å². The summed E-state index contributed by atoms with van der Waals surface area (Å²) in [5.74, 6) is 1.21. The first-order valence-corrected chi connectivity index (χ1v) is 15.2. The summed E-state index contributed by atoms with van der Waals surface area (Å²) in [4.78, 5) is 39.3. The number of hydrogen-bond acceptors (Lipinski definition) is 6. The molecule has 0 bridgehead atoms. The maximum atomic E-state index is 13.3. The Labute approximate surface area is 230 Å². The third-order valence-electron chi connectivity index (χ3n) is 8.20. The summed E-state index contributed by atoms with van der Waals surface area (Å²) in [5, 5.41) is 3.47. The molecule has 0 heterocycles. The Kier molecular flexibility index (Phi) is 11.7. The lowest BCUT2D eigenvalue weighted by atomic mass is 9.64. The molecule has 2 aliphatic rings. The number of rotatable bonds is 13. The average Bonchev–Trinajstić information content (AvgIpc) is 2.75. The number of allylic oxidation sites excluding steroid dienone is 4. The van der Waals surface area contributed by atoms with Gasteiger partial charge in [0, 0.05) is 41.7 Å². The molecule has 0 saturated heterocycles. The lowest BCUT2D eigenvalue weighted by molar-refractivity contribution is -0.145. The lowest BCUT2D eigenvalue weighted by Gasteiger charge is -2.39. The minimum Gasteiger partial charge on any atom is -0.465 e. The number of esters is 1. The van der Waals surface area contributed by atoms with Gasteiger partial charge < -0.3 is 10.1 Å². The van der Waals surface area contributed by atoms with Crippen LogP contribution in [0.4, 0.5) is 0 Å². The first kappa shape index (κ1) is 31.8. The maximum Gasteiger partial charge on any atom is 0.323 e. The lowest BCUT2D eigenvalue weighted by Crippen LogP contribution is -2.47. The second-order valence-electron chi connectivity index (χ2n) is 12.8. The van der Waals surface area contributed by atoms with Crippen molar-refractivity contribution in [2.24, 2.45) is 34.5 Å². The summed E-state index contributed by atoms with van der Waals surface area (Å²) >= 11 is 1.63. The number of nitrogens with one attached hydrogen (secondary N) is 1. The third-order valence-corrected chi connectivity index (χ3v) is 9.46. The van der Waals surface area contributed by atoms with E-state index in [1.165, 1.54) is 0 Å². The highest BCUT2D eigenvalue weighted by Crippen LogP contribution is 2.43. The van der Waals surface area contributed by atoms with Crippen molar-refractivity contribution in [2.75, 3.05) is 12.4 Å².